The van der Waals surface area contributed by atoms with Gasteiger partial charge >= 0.3 is 0 Å². The van der Waals surface area contributed by atoms with Crippen LogP contribution in [0.5, 0.6) is 11.5 Å². The monoisotopic (exact) mass is 367 g/mol. The first-order valence-corrected chi connectivity index (χ1v) is 8.57. The van der Waals surface area contributed by atoms with Crippen molar-refractivity contribution in [2.45, 2.75) is 32.8 Å². The van der Waals surface area contributed by atoms with E-state index in [9.17, 15) is 29.7 Å². The standard InChI is InChI=1S/C20H17NO6/c1-7-3-11-16(21-6-7)20(27)15-14(18(11)25)17(24)10-4-9(8(2)22)5-12(23)13(10)19(15)26/h3,6,9,12,23-24,26H,4-5H2,1-2H3/t9-,12+/m1/s1. The molecule has 0 amide bonds. The minimum atomic E-state index is -1.23. The van der Waals surface area contributed by atoms with Crippen LogP contribution in [0.1, 0.15) is 68.1 Å². The smallest absolute Gasteiger partial charge is 0.216 e. The number of ketones is 3. The fourth-order valence-electron chi connectivity index (χ4n) is 4.00. The Kier molecular flexibility index (Phi) is 3.68. The third-order valence-corrected chi connectivity index (χ3v) is 5.39. The second kappa shape index (κ2) is 5.72. The van der Waals surface area contributed by atoms with Crippen molar-refractivity contribution in [3.8, 4) is 11.5 Å². The Labute approximate surface area is 154 Å². The van der Waals surface area contributed by atoms with Gasteiger partial charge in [0, 0.05) is 23.2 Å². The lowest BCUT2D eigenvalue weighted by Crippen LogP contribution is -2.28. The number of aliphatic hydroxyl groups excluding tert-OH is 1. The van der Waals surface area contributed by atoms with Crippen molar-refractivity contribution in [2.75, 3.05) is 0 Å². The van der Waals surface area contributed by atoms with E-state index in [1.54, 1.807) is 6.92 Å². The van der Waals surface area contributed by atoms with Crippen LogP contribution in [0, 0.1) is 12.8 Å². The third-order valence-electron chi connectivity index (χ3n) is 5.39. The van der Waals surface area contributed by atoms with E-state index < -0.39 is 35.1 Å². The van der Waals surface area contributed by atoms with Crippen LogP contribution >= 0.6 is 0 Å². The van der Waals surface area contributed by atoms with Crippen LogP contribution in [-0.4, -0.2) is 37.7 Å². The molecule has 1 aromatic heterocycles. The number of aliphatic hydroxyl groups is 1. The number of carbonyl (C=O) groups is 3. The van der Waals surface area contributed by atoms with Gasteiger partial charge in [-0.05, 0) is 38.3 Å². The molecule has 138 valence electrons. The Balaban J connectivity index is 2.02. The predicted molar refractivity (Wildman–Crippen MR) is 93.1 cm³/mol. The fourth-order valence-corrected chi connectivity index (χ4v) is 4.00. The average molecular weight is 367 g/mol. The Morgan fingerprint density at radius 2 is 1.81 bits per heavy atom. The SMILES string of the molecule is CC(=O)[C@@H]1Cc2c(O)c3c(c(O)c2[C@@H](O)C1)C(=O)c1ncc(C)cc1C3=O. The number of nitrogens with zero attached hydrogens (tertiary/aromatic N) is 1. The molecule has 0 saturated carbocycles. The van der Waals surface area contributed by atoms with E-state index in [4.69, 9.17) is 0 Å². The van der Waals surface area contributed by atoms with Crippen LogP contribution in [0.15, 0.2) is 12.3 Å². The maximum Gasteiger partial charge on any atom is 0.216 e. The van der Waals surface area contributed by atoms with Gasteiger partial charge in [0.15, 0.2) is 5.78 Å². The first-order valence-electron chi connectivity index (χ1n) is 8.57. The zero-order valence-corrected chi connectivity index (χ0v) is 14.7. The van der Waals surface area contributed by atoms with E-state index in [1.165, 1.54) is 19.2 Å². The number of carbonyl (C=O) groups excluding carboxylic acids is 3. The summed E-state index contributed by atoms with van der Waals surface area (Å²) < 4.78 is 0. The number of fused-ring (bicyclic) bond motifs is 3. The van der Waals surface area contributed by atoms with Gasteiger partial charge < -0.3 is 15.3 Å². The largest absolute Gasteiger partial charge is 0.507 e. The molecular formula is C20H17NO6. The van der Waals surface area contributed by atoms with Crippen LogP contribution in [0.3, 0.4) is 0 Å². The molecule has 2 aliphatic carbocycles. The molecule has 1 aromatic carbocycles. The number of hydrogen-bond acceptors (Lipinski definition) is 7. The summed E-state index contributed by atoms with van der Waals surface area (Å²) in [5.74, 6) is -3.00. The fraction of sp³-hybridized carbons (Fsp3) is 0.300. The van der Waals surface area contributed by atoms with Gasteiger partial charge in [-0.3, -0.25) is 19.4 Å². The first kappa shape index (κ1) is 17.4. The number of aromatic hydroxyl groups is 2. The topological polar surface area (TPSA) is 125 Å². The molecule has 0 saturated heterocycles. The van der Waals surface area contributed by atoms with Gasteiger partial charge in [-0.2, -0.15) is 0 Å². The molecule has 7 nitrogen and oxygen atoms in total. The minimum Gasteiger partial charge on any atom is -0.507 e. The van der Waals surface area contributed by atoms with E-state index in [1.807, 2.05) is 0 Å². The molecule has 2 atom stereocenters. The van der Waals surface area contributed by atoms with Crippen molar-refractivity contribution in [3.63, 3.8) is 0 Å². The molecule has 3 N–H and O–H groups in total. The van der Waals surface area contributed by atoms with Gasteiger partial charge in [0.1, 0.15) is 23.0 Å². The molecular weight excluding hydrogens is 350 g/mol. The van der Waals surface area contributed by atoms with Crippen molar-refractivity contribution in [1.82, 2.24) is 4.98 Å². The number of hydrogen-bond donors (Lipinski definition) is 3. The normalized spacial score (nSPS) is 20.7. The summed E-state index contributed by atoms with van der Waals surface area (Å²) in [4.78, 5) is 41.6. The maximum atomic E-state index is 13.0. The van der Waals surface area contributed by atoms with E-state index in [0.29, 0.717) is 5.56 Å². The van der Waals surface area contributed by atoms with E-state index >= 15 is 0 Å². The number of pyridine rings is 1. The highest BCUT2D eigenvalue weighted by Crippen LogP contribution is 2.49. The van der Waals surface area contributed by atoms with E-state index in [-0.39, 0.29) is 52.1 Å². The zero-order valence-electron chi connectivity index (χ0n) is 14.7. The molecule has 0 radical (unpaired) electrons. The molecule has 0 spiro atoms. The van der Waals surface area contributed by atoms with Crippen molar-refractivity contribution < 1.29 is 29.7 Å². The molecule has 0 unspecified atom stereocenters. The van der Waals surface area contributed by atoms with Crippen molar-refractivity contribution in [1.29, 1.82) is 0 Å². The van der Waals surface area contributed by atoms with Crippen LogP contribution in [0.2, 0.25) is 0 Å². The minimum absolute atomic E-state index is 0.000427. The summed E-state index contributed by atoms with van der Waals surface area (Å²) >= 11 is 0. The molecule has 2 aliphatic rings. The lowest BCUT2D eigenvalue weighted by molar-refractivity contribution is -0.122. The van der Waals surface area contributed by atoms with Crippen LogP contribution < -0.4 is 0 Å². The van der Waals surface area contributed by atoms with Crippen molar-refractivity contribution in [2.24, 2.45) is 5.92 Å². The predicted octanol–water partition coefficient (Wildman–Crippen LogP) is 1.76. The van der Waals surface area contributed by atoms with Crippen LogP contribution in [-0.2, 0) is 11.2 Å². The number of phenolic OH excluding ortho intramolecular Hbond substituents is 2. The quantitative estimate of drug-likeness (QED) is 0.560. The lowest BCUT2D eigenvalue weighted by Gasteiger charge is -2.31. The van der Waals surface area contributed by atoms with Crippen molar-refractivity contribution in [3.05, 3.63) is 51.3 Å². The van der Waals surface area contributed by atoms with Gasteiger partial charge in [0.25, 0.3) is 0 Å². The van der Waals surface area contributed by atoms with E-state index in [0.717, 1.165) is 0 Å². The first-order chi connectivity index (χ1) is 12.7. The summed E-state index contributed by atoms with van der Waals surface area (Å²) in [6.45, 7) is 3.11. The molecule has 0 aliphatic heterocycles. The third kappa shape index (κ3) is 2.31. The Hall–Kier alpha value is -3.06. The van der Waals surface area contributed by atoms with Crippen LogP contribution in [0.25, 0.3) is 0 Å². The Bertz CT molecular complexity index is 1060. The zero-order chi connectivity index (χ0) is 19.6. The number of benzene rings is 1. The number of aryl methyl sites for hydroxylation is 1. The molecule has 27 heavy (non-hydrogen) atoms. The van der Waals surface area contributed by atoms with Crippen molar-refractivity contribution >= 4 is 17.3 Å². The van der Waals surface area contributed by atoms with Gasteiger partial charge in [-0.25, -0.2) is 0 Å². The maximum absolute atomic E-state index is 13.0. The number of rotatable bonds is 1. The number of Topliss-reactive ketones (excluding diaryl/α,β-unsaturated/α-hetero) is 1. The van der Waals surface area contributed by atoms with Gasteiger partial charge in [-0.15, -0.1) is 0 Å². The average Bonchev–Trinajstić information content (AvgIpc) is 2.61. The highest BCUT2D eigenvalue weighted by atomic mass is 16.3. The molecule has 2 aromatic rings. The summed E-state index contributed by atoms with van der Waals surface area (Å²) in [6.07, 6.45) is 0.365. The molecule has 1 heterocycles. The molecule has 0 fully saturated rings. The lowest BCUT2D eigenvalue weighted by atomic mass is 9.74. The Morgan fingerprint density at radius 3 is 2.48 bits per heavy atom. The van der Waals surface area contributed by atoms with Gasteiger partial charge in [-0.1, -0.05) is 0 Å². The summed E-state index contributed by atoms with van der Waals surface area (Å²) in [5.41, 5.74) is 0.122. The second-order valence-electron chi connectivity index (χ2n) is 7.17. The van der Waals surface area contributed by atoms with Crippen LogP contribution in [0.4, 0.5) is 0 Å². The summed E-state index contributed by atoms with van der Waals surface area (Å²) in [5, 5.41) is 31.9. The Morgan fingerprint density at radius 1 is 1.15 bits per heavy atom. The van der Waals surface area contributed by atoms with E-state index in [2.05, 4.69) is 4.98 Å². The highest BCUT2D eigenvalue weighted by Gasteiger charge is 2.42. The number of aromatic nitrogens is 1. The summed E-state index contributed by atoms with van der Waals surface area (Å²) in [6, 6.07) is 1.51. The second-order valence-corrected chi connectivity index (χ2v) is 7.17. The number of phenols is 2. The molecule has 7 heteroatoms. The molecule has 0 bridgehead atoms. The summed E-state index contributed by atoms with van der Waals surface area (Å²) in [7, 11) is 0. The van der Waals surface area contributed by atoms with Gasteiger partial charge in [0.2, 0.25) is 5.78 Å². The molecule has 4 rings (SSSR count). The van der Waals surface area contributed by atoms with Gasteiger partial charge in [0.05, 0.1) is 22.8 Å². The highest BCUT2D eigenvalue weighted by molar-refractivity contribution is 6.29.